The summed E-state index contributed by atoms with van der Waals surface area (Å²) in [6.07, 6.45) is 6.94. The smallest absolute Gasteiger partial charge is 0.188 e. The van der Waals surface area contributed by atoms with Crippen molar-refractivity contribution in [1.29, 1.82) is 0 Å². The Balaban J connectivity index is 1.18. The lowest BCUT2D eigenvalue weighted by Crippen LogP contribution is -2.42. The van der Waals surface area contributed by atoms with Crippen molar-refractivity contribution < 1.29 is 13.9 Å². The van der Waals surface area contributed by atoms with Crippen molar-refractivity contribution in [3.8, 4) is 11.5 Å². The maximum Gasteiger partial charge on any atom is 0.188 e. The average molecular weight is 415 g/mol. The van der Waals surface area contributed by atoms with Crippen molar-refractivity contribution in [3.05, 3.63) is 72.3 Å². The highest BCUT2D eigenvalue weighted by molar-refractivity contribution is 5.92. The van der Waals surface area contributed by atoms with Gasteiger partial charge in [0.05, 0.1) is 0 Å². The predicted molar refractivity (Wildman–Crippen MR) is 119 cm³/mol. The summed E-state index contributed by atoms with van der Waals surface area (Å²) in [6, 6.07) is 13.2. The number of ether oxygens (including phenoxy) is 2. The second-order valence-electron chi connectivity index (χ2n) is 8.12. The number of para-hydroxylation sites is 1. The molecule has 0 saturated heterocycles. The number of pyridine rings is 1. The summed E-state index contributed by atoms with van der Waals surface area (Å²) in [7, 11) is 0. The fraction of sp³-hybridized carbons (Fsp3) is 0.240. The van der Waals surface area contributed by atoms with Gasteiger partial charge in [-0.15, -0.1) is 0 Å². The Labute approximate surface area is 179 Å². The maximum absolute atomic E-state index is 14.3. The topological polar surface area (TPSA) is 50.4 Å². The van der Waals surface area contributed by atoms with Crippen LogP contribution >= 0.6 is 0 Å². The van der Waals surface area contributed by atoms with E-state index in [4.69, 9.17) is 9.47 Å². The molecule has 2 aromatic heterocycles. The number of rotatable bonds is 3. The van der Waals surface area contributed by atoms with Gasteiger partial charge in [0.2, 0.25) is 0 Å². The molecule has 31 heavy (non-hydrogen) atoms. The summed E-state index contributed by atoms with van der Waals surface area (Å²) >= 11 is 0. The molecule has 6 heteroatoms. The van der Waals surface area contributed by atoms with E-state index in [1.54, 1.807) is 18.3 Å². The van der Waals surface area contributed by atoms with Gasteiger partial charge in [-0.25, -0.2) is 4.39 Å². The second kappa shape index (κ2) is 7.39. The first-order valence-corrected chi connectivity index (χ1v) is 10.6. The normalized spacial score (nSPS) is 19.0. The molecule has 1 N–H and O–H groups in total. The Morgan fingerprint density at radius 1 is 1.16 bits per heavy atom. The van der Waals surface area contributed by atoms with Crippen molar-refractivity contribution in [2.24, 2.45) is 0 Å². The van der Waals surface area contributed by atoms with Crippen LogP contribution in [-0.4, -0.2) is 47.2 Å². The molecule has 0 amide bonds. The molecule has 4 aromatic rings. The van der Waals surface area contributed by atoms with Crippen molar-refractivity contribution in [2.75, 3.05) is 26.2 Å². The van der Waals surface area contributed by atoms with Crippen LogP contribution in [0.25, 0.3) is 27.4 Å². The highest BCUT2D eigenvalue weighted by Gasteiger charge is 2.27. The van der Waals surface area contributed by atoms with Crippen LogP contribution in [0.4, 0.5) is 4.39 Å². The van der Waals surface area contributed by atoms with Gasteiger partial charge in [0.15, 0.2) is 11.5 Å². The largest absolute Gasteiger partial charge is 0.486 e. The molecule has 4 heterocycles. The van der Waals surface area contributed by atoms with Crippen LogP contribution < -0.4 is 9.47 Å². The number of aromatic amines is 1. The third kappa shape index (κ3) is 3.24. The lowest BCUT2D eigenvalue weighted by molar-refractivity contribution is 0.0627. The minimum absolute atomic E-state index is 0.119. The van der Waals surface area contributed by atoms with Gasteiger partial charge in [-0.1, -0.05) is 24.3 Å². The van der Waals surface area contributed by atoms with Crippen LogP contribution in [0.3, 0.4) is 0 Å². The van der Waals surface area contributed by atoms with E-state index in [0.29, 0.717) is 29.0 Å². The van der Waals surface area contributed by atoms with Gasteiger partial charge in [0.25, 0.3) is 0 Å². The Kier molecular flexibility index (Phi) is 4.39. The first-order valence-electron chi connectivity index (χ1n) is 10.6. The van der Waals surface area contributed by atoms with E-state index in [-0.39, 0.29) is 11.9 Å². The number of nitrogens with one attached hydrogen (secondary N) is 1. The number of benzene rings is 2. The summed E-state index contributed by atoms with van der Waals surface area (Å²) in [4.78, 5) is 10.1. The first-order chi connectivity index (χ1) is 15.3. The van der Waals surface area contributed by atoms with E-state index in [1.807, 2.05) is 0 Å². The van der Waals surface area contributed by atoms with Crippen LogP contribution in [0.5, 0.6) is 11.5 Å². The van der Waals surface area contributed by atoms with Crippen molar-refractivity contribution in [2.45, 2.75) is 12.5 Å². The Bertz CT molecular complexity index is 1310. The summed E-state index contributed by atoms with van der Waals surface area (Å²) < 4.78 is 26.4. The van der Waals surface area contributed by atoms with Crippen molar-refractivity contribution in [1.82, 2.24) is 14.9 Å². The minimum Gasteiger partial charge on any atom is -0.486 e. The predicted octanol–water partition coefficient (Wildman–Crippen LogP) is 4.78. The third-order valence-corrected chi connectivity index (χ3v) is 6.16. The second-order valence-corrected chi connectivity index (χ2v) is 8.12. The van der Waals surface area contributed by atoms with E-state index in [9.17, 15) is 4.39 Å². The fourth-order valence-electron chi connectivity index (χ4n) is 4.60. The van der Waals surface area contributed by atoms with Crippen LogP contribution in [-0.2, 0) is 0 Å². The Morgan fingerprint density at radius 2 is 2.06 bits per heavy atom. The zero-order chi connectivity index (χ0) is 20.8. The molecule has 0 saturated carbocycles. The molecule has 156 valence electrons. The molecular weight excluding hydrogens is 393 g/mol. The number of H-pyrrole nitrogens is 1. The van der Waals surface area contributed by atoms with E-state index in [2.05, 4.69) is 51.4 Å². The Morgan fingerprint density at radius 3 is 2.97 bits per heavy atom. The molecule has 6 rings (SSSR count). The van der Waals surface area contributed by atoms with Gasteiger partial charge in [0.1, 0.15) is 24.0 Å². The molecule has 1 atom stereocenters. The van der Waals surface area contributed by atoms with Gasteiger partial charge in [0, 0.05) is 59.9 Å². The summed E-state index contributed by atoms with van der Waals surface area (Å²) in [5, 5.41) is 1.73. The lowest BCUT2D eigenvalue weighted by atomic mass is 9.99. The molecule has 0 radical (unpaired) electrons. The van der Waals surface area contributed by atoms with Gasteiger partial charge in [-0.05, 0) is 30.2 Å². The molecule has 2 aromatic carbocycles. The third-order valence-electron chi connectivity index (χ3n) is 6.16. The molecule has 1 unspecified atom stereocenters. The summed E-state index contributed by atoms with van der Waals surface area (Å²) in [5.74, 6) is 0.635. The highest BCUT2D eigenvalue weighted by Crippen LogP contribution is 2.39. The number of aromatic nitrogens is 2. The van der Waals surface area contributed by atoms with Crippen LogP contribution in [0, 0.1) is 5.82 Å². The maximum atomic E-state index is 14.3. The number of fused-ring (bicyclic) bond motifs is 4. The number of hydrogen-bond acceptors (Lipinski definition) is 4. The quantitative estimate of drug-likeness (QED) is 0.523. The molecule has 2 aliphatic heterocycles. The number of halogens is 1. The first kappa shape index (κ1) is 18.4. The average Bonchev–Trinajstić information content (AvgIpc) is 3.25. The van der Waals surface area contributed by atoms with Gasteiger partial charge in [-0.2, -0.15) is 0 Å². The standard InChI is InChI=1S/C25H22FN3O2/c26-21-12-23-25(24-19(21)5-3-9-27-24)31-17(15-30-23)14-29-10-7-16(8-11-29)20-13-28-22-6-2-1-4-18(20)22/h1-7,9,12-13,17,28H,8,10-11,14-15H2. The van der Waals surface area contributed by atoms with E-state index >= 15 is 0 Å². The van der Waals surface area contributed by atoms with Gasteiger partial charge >= 0.3 is 0 Å². The molecular formula is C25H22FN3O2. The molecule has 2 aliphatic rings. The van der Waals surface area contributed by atoms with Gasteiger partial charge < -0.3 is 14.5 Å². The SMILES string of the molecule is Fc1cc2c(c3ncccc13)OC(CN1CC=C(c3c[nH]c4ccccc34)CC1)CO2. The lowest BCUT2D eigenvalue weighted by Gasteiger charge is -2.33. The van der Waals surface area contributed by atoms with E-state index < -0.39 is 0 Å². The Hall–Kier alpha value is -3.38. The molecule has 0 bridgehead atoms. The van der Waals surface area contributed by atoms with Crippen LogP contribution in [0.15, 0.2) is 60.9 Å². The molecule has 0 spiro atoms. The van der Waals surface area contributed by atoms with Crippen LogP contribution in [0.2, 0.25) is 0 Å². The fourth-order valence-corrected chi connectivity index (χ4v) is 4.60. The zero-order valence-electron chi connectivity index (χ0n) is 17.0. The highest BCUT2D eigenvalue weighted by atomic mass is 19.1. The summed E-state index contributed by atoms with van der Waals surface area (Å²) in [6.45, 7) is 2.98. The van der Waals surface area contributed by atoms with Crippen molar-refractivity contribution in [3.63, 3.8) is 0 Å². The van der Waals surface area contributed by atoms with E-state index in [0.717, 1.165) is 26.1 Å². The molecule has 5 nitrogen and oxygen atoms in total. The zero-order valence-corrected chi connectivity index (χ0v) is 17.0. The number of nitrogens with zero attached hydrogens (tertiary/aromatic N) is 2. The number of hydrogen-bond donors (Lipinski definition) is 1. The monoisotopic (exact) mass is 415 g/mol. The van der Waals surface area contributed by atoms with Crippen molar-refractivity contribution >= 4 is 27.4 Å². The summed E-state index contributed by atoms with van der Waals surface area (Å²) in [5.41, 5.74) is 4.36. The minimum atomic E-state index is -0.338. The molecule has 0 fully saturated rings. The van der Waals surface area contributed by atoms with Crippen LogP contribution in [0.1, 0.15) is 12.0 Å². The molecule has 0 aliphatic carbocycles. The van der Waals surface area contributed by atoms with Gasteiger partial charge in [-0.3, -0.25) is 9.88 Å². The van der Waals surface area contributed by atoms with E-state index in [1.165, 1.54) is 28.1 Å².